The third-order valence-electron chi connectivity index (χ3n) is 8.07. The van der Waals surface area contributed by atoms with Gasteiger partial charge in [0.15, 0.2) is 11.5 Å². The lowest BCUT2D eigenvalue weighted by Gasteiger charge is -2.46. The van der Waals surface area contributed by atoms with Crippen molar-refractivity contribution < 1.29 is 19.0 Å². The van der Waals surface area contributed by atoms with Gasteiger partial charge in [-0.1, -0.05) is 6.07 Å². The number of piperidine rings is 2. The van der Waals surface area contributed by atoms with Crippen molar-refractivity contribution >= 4 is 22.6 Å². The van der Waals surface area contributed by atoms with Crippen molar-refractivity contribution in [2.75, 3.05) is 51.4 Å². The standard InChI is InChI=1S/C28H32N4O5/c1-35-20-18-23-21(29-19-20)6-7-25(33)31(23)15-14-30-12-9-28(10-13-30)8-3-11-32(27(28)34)22-4-2-5-24-26(22)37-17-16-36-24/h2,4-7,18-19H,3,8-17H2,1H3. The molecule has 37 heavy (non-hydrogen) atoms. The molecule has 1 aromatic carbocycles. The number of likely N-dealkylation sites (tertiary alicyclic amines) is 1. The molecule has 3 aromatic rings. The first-order valence-electron chi connectivity index (χ1n) is 13.0. The van der Waals surface area contributed by atoms with Gasteiger partial charge in [-0.05, 0) is 57.0 Å². The van der Waals surface area contributed by atoms with E-state index in [2.05, 4.69) is 9.88 Å². The fourth-order valence-corrected chi connectivity index (χ4v) is 5.97. The molecule has 1 spiro atoms. The number of carbonyl (C=O) groups is 1. The van der Waals surface area contributed by atoms with Gasteiger partial charge in [0.25, 0.3) is 5.56 Å². The summed E-state index contributed by atoms with van der Waals surface area (Å²) >= 11 is 0. The van der Waals surface area contributed by atoms with Crippen molar-refractivity contribution in [3.05, 3.63) is 52.9 Å². The highest BCUT2D eigenvalue weighted by atomic mass is 16.6. The van der Waals surface area contributed by atoms with Crippen LogP contribution in [0.5, 0.6) is 17.2 Å². The van der Waals surface area contributed by atoms with Crippen LogP contribution < -0.4 is 24.7 Å². The molecule has 0 unspecified atom stereocenters. The Morgan fingerprint density at radius 2 is 1.84 bits per heavy atom. The Hall–Kier alpha value is -3.59. The van der Waals surface area contributed by atoms with Gasteiger partial charge in [0.1, 0.15) is 19.0 Å². The molecular formula is C28H32N4O5. The van der Waals surface area contributed by atoms with Gasteiger partial charge in [0.2, 0.25) is 5.91 Å². The Bertz CT molecular complexity index is 1380. The van der Waals surface area contributed by atoms with E-state index >= 15 is 0 Å². The van der Waals surface area contributed by atoms with E-state index in [0.29, 0.717) is 43.6 Å². The molecular weight excluding hydrogens is 472 g/mol. The maximum atomic E-state index is 13.9. The topological polar surface area (TPSA) is 86.1 Å². The number of para-hydroxylation sites is 1. The second-order valence-electron chi connectivity index (χ2n) is 10.1. The van der Waals surface area contributed by atoms with Crippen LogP contribution in [0.4, 0.5) is 5.69 Å². The SMILES string of the molecule is COc1cnc2ccc(=O)n(CCN3CCC4(CCCN(c5cccc6c5OCCO6)C4=O)CC3)c2c1. The number of aromatic nitrogens is 2. The molecule has 0 saturated carbocycles. The molecule has 9 heteroatoms. The van der Waals surface area contributed by atoms with E-state index in [-0.39, 0.29) is 16.9 Å². The van der Waals surface area contributed by atoms with Crippen LogP contribution in [0.1, 0.15) is 25.7 Å². The second-order valence-corrected chi connectivity index (χ2v) is 10.1. The van der Waals surface area contributed by atoms with Gasteiger partial charge >= 0.3 is 0 Å². The molecule has 2 fully saturated rings. The maximum Gasteiger partial charge on any atom is 0.251 e. The average Bonchev–Trinajstić information content (AvgIpc) is 2.94. The van der Waals surface area contributed by atoms with Crippen LogP contribution in [-0.2, 0) is 11.3 Å². The number of methoxy groups -OCH3 is 1. The van der Waals surface area contributed by atoms with Crippen LogP contribution >= 0.6 is 0 Å². The number of ether oxygens (including phenoxy) is 3. The van der Waals surface area contributed by atoms with Gasteiger partial charge in [-0.25, -0.2) is 0 Å². The normalized spacial score (nSPS) is 19.4. The van der Waals surface area contributed by atoms with Crippen molar-refractivity contribution in [2.24, 2.45) is 5.41 Å². The molecule has 0 bridgehead atoms. The molecule has 5 heterocycles. The van der Waals surface area contributed by atoms with Crippen molar-refractivity contribution in [3.8, 4) is 17.2 Å². The minimum Gasteiger partial charge on any atom is -0.495 e. The van der Waals surface area contributed by atoms with Crippen molar-refractivity contribution in [2.45, 2.75) is 32.2 Å². The summed E-state index contributed by atoms with van der Waals surface area (Å²) in [6, 6.07) is 11.0. The largest absolute Gasteiger partial charge is 0.495 e. The zero-order valence-corrected chi connectivity index (χ0v) is 21.1. The number of nitrogens with zero attached hydrogens (tertiary/aromatic N) is 4. The van der Waals surface area contributed by atoms with Crippen LogP contribution in [0, 0.1) is 5.41 Å². The zero-order chi connectivity index (χ0) is 25.4. The highest BCUT2D eigenvalue weighted by Crippen LogP contribution is 2.46. The number of amides is 1. The third-order valence-corrected chi connectivity index (χ3v) is 8.07. The van der Waals surface area contributed by atoms with Gasteiger partial charge < -0.3 is 28.6 Å². The first-order chi connectivity index (χ1) is 18.1. The van der Waals surface area contributed by atoms with E-state index in [9.17, 15) is 9.59 Å². The number of fused-ring (bicyclic) bond motifs is 2. The van der Waals surface area contributed by atoms with E-state index in [1.54, 1.807) is 30.0 Å². The molecule has 3 aliphatic heterocycles. The summed E-state index contributed by atoms with van der Waals surface area (Å²) in [6.45, 7) is 4.67. The Balaban J connectivity index is 1.15. The summed E-state index contributed by atoms with van der Waals surface area (Å²) in [4.78, 5) is 35.2. The van der Waals surface area contributed by atoms with E-state index < -0.39 is 0 Å². The first-order valence-corrected chi connectivity index (χ1v) is 13.0. The molecule has 9 nitrogen and oxygen atoms in total. The highest BCUT2D eigenvalue weighted by molar-refractivity contribution is 6.00. The van der Waals surface area contributed by atoms with Gasteiger partial charge in [0, 0.05) is 31.8 Å². The predicted octanol–water partition coefficient (Wildman–Crippen LogP) is 3.09. The van der Waals surface area contributed by atoms with Crippen LogP contribution in [0.2, 0.25) is 0 Å². The molecule has 0 N–H and O–H groups in total. The summed E-state index contributed by atoms with van der Waals surface area (Å²) in [7, 11) is 1.60. The zero-order valence-electron chi connectivity index (χ0n) is 21.1. The molecule has 3 aliphatic rings. The fraction of sp³-hybridized carbons (Fsp3) is 0.464. The highest BCUT2D eigenvalue weighted by Gasteiger charge is 2.46. The predicted molar refractivity (Wildman–Crippen MR) is 140 cm³/mol. The molecule has 6 rings (SSSR count). The lowest BCUT2D eigenvalue weighted by atomic mass is 9.71. The summed E-state index contributed by atoms with van der Waals surface area (Å²) in [5.74, 6) is 2.22. The van der Waals surface area contributed by atoms with Gasteiger partial charge in [0.05, 0.1) is 35.4 Å². The summed E-state index contributed by atoms with van der Waals surface area (Å²) in [6.07, 6.45) is 5.17. The number of benzene rings is 1. The molecule has 2 aromatic heterocycles. The number of carbonyl (C=O) groups excluding carboxylic acids is 1. The minimum absolute atomic E-state index is 0.0495. The summed E-state index contributed by atoms with van der Waals surface area (Å²) < 4.78 is 18.7. The Kier molecular flexibility index (Phi) is 6.24. The molecule has 0 aliphatic carbocycles. The van der Waals surface area contributed by atoms with E-state index in [0.717, 1.165) is 62.0 Å². The van der Waals surface area contributed by atoms with Crippen molar-refractivity contribution in [3.63, 3.8) is 0 Å². The Morgan fingerprint density at radius 1 is 1.00 bits per heavy atom. The number of anilines is 1. The number of hydrogen-bond acceptors (Lipinski definition) is 7. The van der Waals surface area contributed by atoms with Gasteiger partial charge in [-0.15, -0.1) is 0 Å². The minimum atomic E-state index is -0.347. The van der Waals surface area contributed by atoms with Crippen LogP contribution in [0.25, 0.3) is 11.0 Å². The average molecular weight is 505 g/mol. The molecule has 2 saturated heterocycles. The van der Waals surface area contributed by atoms with Crippen molar-refractivity contribution in [1.29, 1.82) is 0 Å². The monoisotopic (exact) mass is 504 g/mol. The van der Waals surface area contributed by atoms with Crippen LogP contribution in [0.3, 0.4) is 0 Å². The fourth-order valence-electron chi connectivity index (χ4n) is 5.97. The third kappa shape index (κ3) is 4.31. The first kappa shape index (κ1) is 23.8. The molecule has 194 valence electrons. The van der Waals surface area contributed by atoms with Crippen LogP contribution in [0.15, 0.2) is 47.4 Å². The Morgan fingerprint density at radius 3 is 2.68 bits per heavy atom. The summed E-state index contributed by atoms with van der Waals surface area (Å²) in [5, 5.41) is 0. The van der Waals surface area contributed by atoms with Gasteiger partial charge in [-0.3, -0.25) is 14.6 Å². The lowest BCUT2D eigenvalue weighted by Crippen LogP contribution is -2.54. The van der Waals surface area contributed by atoms with Crippen molar-refractivity contribution in [1.82, 2.24) is 14.5 Å². The van der Waals surface area contributed by atoms with Gasteiger partial charge in [-0.2, -0.15) is 0 Å². The van der Waals surface area contributed by atoms with Crippen LogP contribution in [-0.4, -0.2) is 66.9 Å². The van der Waals surface area contributed by atoms with E-state index in [4.69, 9.17) is 14.2 Å². The second kappa shape index (κ2) is 9.70. The van der Waals surface area contributed by atoms with E-state index in [1.165, 1.54) is 0 Å². The summed E-state index contributed by atoms with van der Waals surface area (Å²) in [5.41, 5.74) is 1.97. The smallest absolute Gasteiger partial charge is 0.251 e. The number of rotatable bonds is 5. The van der Waals surface area contributed by atoms with E-state index in [1.807, 2.05) is 29.2 Å². The number of hydrogen-bond donors (Lipinski definition) is 0. The lowest BCUT2D eigenvalue weighted by molar-refractivity contribution is -0.133. The molecule has 1 amide bonds. The molecule has 0 atom stereocenters. The maximum absolute atomic E-state index is 13.9. The Labute approximate surface area is 215 Å². The quantitative estimate of drug-likeness (QED) is 0.528. The number of pyridine rings is 2. The molecule has 0 radical (unpaired) electrons.